The van der Waals surface area contributed by atoms with Crippen molar-refractivity contribution >= 4 is 28.2 Å². The highest BCUT2D eigenvalue weighted by Crippen LogP contribution is 2.16. The third-order valence-corrected chi connectivity index (χ3v) is 3.32. The molecule has 0 aromatic carbocycles. The van der Waals surface area contributed by atoms with Gasteiger partial charge < -0.3 is 5.73 Å². The fourth-order valence-corrected chi connectivity index (χ4v) is 2.31. The minimum atomic E-state index is -0.0396. The maximum absolute atomic E-state index is 11.5. The Bertz CT molecular complexity index is 770. The number of nitrogen functional groups attached to an aromatic ring is 1. The fraction of sp³-hybridized carbons (Fsp3) is 0.200. The van der Waals surface area contributed by atoms with Gasteiger partial charge in [0, 0.05) is 18.6 Å². The highest BCUT2D eigenvalue weighted by atomic mass is 32.1. The summed E-state index contributed by atoms with van der Waals surface area (Å²) in [5.41, 5.74) is 6.52. The summed E-state index contributed by atoms with van der Waals surface area (Å²) >= 11 is 1.14. The summed E-state index contributed by atoms with van der Waals surface area (Å²) in [7, 11) is 1.79. The van der Waals surface area contributed by atoms with E-state index in [1.54, 1.807) is 34.1 Å². The lowest BCUT2D eigenvalue weighted by atomic mass is 10.4. The van der Waals surface area contributed by atoms with Gasteiger partial charge in [-0.3, -0.25) is 14.0 Å². The summed E-state index contributed by atoms with van der Waals surface area (Å²) in [5.74, 6) is 0.885. The van der Waals surface area contributed by atoms with Gasteiger partial charge in [0.25, 0.3) is 0 Å². The fourth-order valence-electron chi connectivity index (χ4n) is 1.72. The number of nitrogens with two attached hydrogens (primary N) is 1. The van der Waals surface area contributed by atoms with Crippen LogP contribution in [0.2, 0.25) is 0 Å². The molecule has 0 amide bonds. The lowest BCUT2D eigenvalue weighted by Gasteiger charge is -2.03. The van der Waals surface area contributed by atoms with Crippen molar-refractivity contribution in [3.63, 3.8) is 0 Å². The number of aryl methyl sites for hydroxylation is 1. The van der Waals surface area contributed by atoms with Gasteiger partial charge in [-0.05, 0) is 0 Å². The number of hydrogen-bond acceptors (Lipinski definition) is 6. The Labute approximate surface area is 106 Å². The largest absolute Gasteiger partial charge is 0.383 e. The molecular formula is C10H10N6OS. The van der Waals surface area contributed by atoms with Crippen molar-refractivity contribution in [1.82, 2.24) is 24.3 Å². The molecule has 3 aromatic heterocycles. The summed E-state index contributed by atoms with van der Waals surface area (Å²) in [6.07, 6.45) is 3.34. The molecule has 0 atom stereocenters. The van der Waals surface area contributed by atoms with E-state index >= 15 is 0 Å². The number of thiazole rings is 1. The molecule has 7 nitrogen and oxygen atoms in total. The van der Waals surface area contributed by atoms with E-state index in [9.17, 15) is 4.79 Å². The number of rotatable bonds is 2. The predicted molar refractivity (Wildman–Crippen MR) is 68.4 cm³/mol. The van der Waals surface area contributed by atoms with Gasteiger partial charge in [-0.25, -0.2) is 9.97 Å². The van der Waals surface area contributed by atoms with Gasteiger partial charge >= 0.3 is 4.87 Å². The summed E-state index contributed by atoms with van der Waals surface area (Å²) in [6, 6.07) is 0. The van der Waals surface area contributed by atoms with Crippen molar-refractivity contribution in [3.8, 4) is 0 Å². The van der Waals surface area contributed by atoms with Gasteiger partial charge in [-0.1, -0.05) is 11.3 Å². The molecule has 0 unspecified atom stereocenters. The maximum Gasteiger partial charge on any atom is 0.307 e. The molecule has 0 fully saturated rings. The molecule has 0 spiro atoms. The van der Waals surface area contributed by atoms with Gasteiger partial charge in [0.15, 0.2) is 11.5 Å². The molecule has 0 bridgehead atoms. The van der Waals surface area contributed by atoms with Crippen molar-refractivity contribution in [2.75, 3.05) is 5.73 Å². The van der Waals surface area contributed by atoms with Gasteiger partial charge in [0.1, 0.15) is 5.82 Å². The minimum absolute atomic E-state index is 0.0396. The van der Waals surface area contributed by atoms with Crippen LogP contribution in [0.5, 0.6) is 0 Å². The zero-order valence-corrected chi connectivity index (χ0v) is 10.4. The maximum atomic E-state index is 11.5. The van der Waals surface area contributed by atoms with E-state index in [0.29, 0.717) is 23.8 Å². The first-order valence-corrected chi connectivity index (χ1v) is 6.11. The van der Waals surface area contributed by atoms with E-state index in [4.69, 9.17) is 5.73 Å². The number of anilines is 1. The van der Waals surface area contributed by atoms with Crippen LogP contribution in [0.4, 0.5) is 5.82 Å². The van der Waals surface area contributed by atoms with Crippen LogP contribution in [0.3, 0.4) is 0 Å². The first kappa shape index (κ1) is 10.9. The van der Waals surface area contributed by atoms with Crippen molar-refractivity contribution in [2.45, 2.75) is 6.54 Å². The predicted octanol–water partition coefficient (Wildman–Crippen LogP) is 0.217. The van der Waals surface area contributed by atoms with Crippen LogP contribution >= 0.6 is 11.3 Å². The van der Waals surface area contributed by atoms with Crippen molar-refractivity contribution < 1.29 is 0 Å². The van der Waals surface area contributed by atoms with Gasteiger partial charge in [0.05, 0.1) is 18.1 Å². The molecular weight excluding hydrogens is 252 g/mol. The summed E-state index contributed by atoms with van der Waals surface area (Å²) in [5, 5.41) is 6.53. The molecule has 92 valence electrons. The molecule has 0 aliphatic heterocycles. The Hall–Kier alpha value is -2.22. The van der Waals surface area contributed by atoms with Crippen molar-refractivity contribution in [2.24, 2.45) is 7.05 Å². The highest BCUT2D eigenvalue weighted by Gasteiger charge is 2.10. The van der Waals surface area contributed by atoms with Crippen LogP contribution in [0.25, 0.3) is 11.0 Å². The lowest BCUT2D eigenvalue weighted by molar-refractivity contribution is 0.727. The van der Waals surface area contributed by atoms with Crippen molar-refractivity contribution in [3.05, 3.63) is 33.3 Å². The molecule has 0 saturated carbocycles. The van der Waals surface area contributed by atoms with Gasteiger partial charge in [-0.15, -0.1) is 0 Å². The first-order valence-electron chi connectivity index (χ1n) is 5.23. The average Bonchev–Trinajstić information content (AvgIpc) is 2.88. The van der Waals surface area contributed by atoms with Gasteiger partial charge in [-0.2, -0.15) is 5.10 Å². The lowest BCUT2D eigenvalue weighted by Crippen LogP contribution is -2.15. The standard InChI is InChI=1S/C10H10N6OS/c1-15-9-6(4-12-15)8(11)13-7(14-9)5-16-2-3-18-10(16)17/h2-4H,5H2,1H3,(H2,11,13,14). The zero-order valence-electron chi connectivity index (χ0n) is 9.57. The van der Waals surface area contributed by atoms with Crippen LogP contribution < -0.4 is 10.6 Å². The normalized spacial score (nSPS) is 11.2. The summed E-state index contributed by atoms with van der Waals surface area (Å²) in [6.45, 7) is 0.313. The third kappa shape index (κ3) is 1.66. The van der Waals surface area contributed by atoms with Crippen LogP contribution in [0, 0.1) is 0 Å². The van der Waals surface area contributed by atoms with E-state index < -0.39 is 0 Å². The van der Waals surface area contributed by atoms with E-state index in [1.807, 2.05) is 0 Å². The number of nitrogens with zero attached hydrogens (tertiary/aromatic N) is 5. The van der Waals surface area contributed by atoms with Crippen LogP contribution in [0.15, 0.2) is 22.6 Å². The molecule has 0 radical (unpaired) electrons. The van der Waals surface area contributed by atoms with E-state index in [-0.39, 0.29) is 4.87 Å². The van der Waals surface area contributed by atoms with Crippen LogP contribution in [-0.4, -0.2) is 24.3 Å². The molecule has 0 aliphatic rings. The molecule has 18 heavy (non-hydrogen) atoms. The van der Waals surface area contributed by atoms with E-state index in [1.165, 1.54) is 0 Å². The smallest absolute Gasteiger partial charge is 0.307 e. The molecule has 3 aromatic rings. The molecule has 0 aliphatic carbocycles. The second kappa shape index (κ2) is 3.91. The van der Waals surface area contributed by atoms with E-state index in [0.717, 1.165) is 16.7 Å². The van der Waals surface area contributed by atoms with Gasteiger partial charge in [0.2, 0.25) is 0 Å². The van der Waals surface area contributed by atoms with Crippen LogP contribution in [0.1, 0.15) is 5.82 Å². The molecule has 0 saturated heterocycles. The Kier molecular flexibility index (Phi) is 2.37. The Morgan fingerprint density at radius 1 is 1.44 bits per heavy atom. The SMILES string of the molecule is Cn1ncc2c(N)nc(Cn3ccsc3=O)nc21. The van der Waals surface area contributed by atoms with Crippen LogP contribution in [-0.2, 0) is 13.6 Å². The Balaban J connectivity index is 2.10. The highest BCUT2D eigenvalue weighted by molar-refractivity contribution is 7.07. The topological polar surface area (TPSA) is 91.6 Å². The average molecular weight is 262 g/mol. The number of hydrogen-bond donors (Lipinski definition) is 1. The Morgan fingerprint density at radius 3 is 3.00 bits per heavy atom. The second-order valence-electron chi connectivity index (χ2n) is 3.83. The van der Waals surface area contributed by atoms with E-state index in [2.05, 4.69) is 15.1 Å². The zero-order chi connectivity index (χ0) is 12.7. The van der Waals surface area contributed by atoms with Crippen molar-refractivity contribution in [1.29, 1.82) is 0 Å². The monoisotopic (exact) mass is 262 g/mol. The minimum Gasteiger partial charge on any atom is -0.383 e. The third-order valence-electron chi connectivity index (χ3n) is 2.62. The molecule has 2 N–H and O–H groups in total. The summed E-state index contributed by atoms with van der Waals surface area (Å²) in [4.78, 5) is 20.0. The summed E-state index contributed by atoms with van der Waals surface area (Å²) < 4.78 is 3.18. The quantitative estimate of drug-likeness (QED) is 0.713. The molecule has 8 heteroatoms. The second-order valence-corrected chi connectivity index (χ2v) is 4.68. The Morgan fingerprint density at radius 2 is 2.28 bits per heavy atom. The number of aromatic nitrogens is 5. The first-order chi connectivity index (χ1) is 8.65. The molecule has 3 rings (SSSR count). The number of fused-ring (bicyclic) bond motifs is 1. The molecule has 3 heterocycles.